The molecule has 0 radical (unpaired) electrons. The summed E-state index contributed by atoms with van der Waals surface area (Å²) < 4.78 is 167. The second-order valence-corrected chi connectivity index (χ2v) is 18.1. The normalized spacial score (nSPS) is 13.1. The van der Waals surface area contributed by atoms with Crippen LogP contribution in [0.2, 0.25) is 20.1 Å². The van der Waals surface area contributed by atoms with Gasteiger partial charge in [-0.25, -0.2) is 8.42 Å². The van der Waals surface area contributed by atoms with Gasteiger partial charge in [0, 0.05) is 11.1 Å². The van der Waals surface area contributed by atoms with Crippen molar-refractivity contribution in [2.24, 2.45) is 0 Å². The first-order valence-corrected chi connectivity index (χ1v) is 20.4. The van der Waals surface area contributed by atoms with Gasteiger partial charge in [0.05, 0.1) is 20.1 Å². The molecule has 0 aliphatic rings. The molecule has 252 valence electrons. The average Bonchev–Trinajstić information content (AvgIpc) is 2.90. The van der Waals surface area contributed by atoms with Crippen LogP contribution in [0, 0.1) is 0 Å². The average molecular weight is 829 g/mol. The van der Waals surface area contributed by atoms with Crippen molar-refractivity contribution < 1.29 is 60.3 Å². The Balaban J connectivity index is 2.32. The van der Waals surface area contributed by atoms with E-state index in [1.165, 1.54) is 0 Å². The zero-order valence-corrected chi connectivity index (χ0v) is 29.3. The molecule has 0 aromatic heterocycles. The second-order valence-electron chi connectivity index (χ2n) is 9.20. The lowest BCUT2D eigenvalue weighted by Gasteiger charge is -2.20. The lowest BCUT2D eigenvalue weighted by Crippen LogP contribution is -2.17. The third-order valence-corrected chi connectivity index (χ3v) is 13.8. The summed E-state index contributed by atoms with van der Waals surface area (Å²) in [6.45, 7) is 0. The largest absolute Gasteiger partial charge is 0.297 e. The minimum absolute atomic E-state index is 0.501. The molecule has 4 aromatic carbocycles. The molecule has 4 aromatic rings. The van der Waals surface area contributed by atoms with Crippen LogP contribution in [0.25, 0.3) is 22.3 Å². The van der Waals surface area contributed by atoms with E-state index in [1.807, 2.05) is 0 Å². The van der Waals surface area contributed by atoms with Crippen molar-refractivity contribution in [2.45, 2.75) is 29.4 Å². The lowest BCUT2D eigenvalue weighted by atomic mass is 10.1. The Morgan fingerprint density at radius 2 is 0.681 bits per heavy atom. The topological polar surface area (TPSA) is 252 Å². The first-order valence-electron chi connectivity index (χ1n) is 11.7. The molecular formula is C24H14Cl4O14S5. The van der Waals surface area contributed by atoms with Crippen LogP contribution >= 0.6 is 46.4 Å². The number of hydrogen-bond acceptors (Lipinski definition) is 10. The summed E-state index contributed by atoms with van der Waals surface area (Å²) in [7, 11) is -27.4. The predicted molar refractivity (Wildman–Crippen MR) is 169 cm³/mol. The monoisotopic (exact) mass is 826 g/mol. The van der Waals surface area contributed by atoms with Gasteiger partial charge in [0.25, 0.3) is 40.5 Å². The number of benzene rings is 4. The summed E-state index contributed by atoms with van der Waals surface area (Å²) in [6.07, 6.45) is 0. The highest BCUT2D eigenvalue weighted by Gasteiger charge is 2.39. The van der Waals surface area contributed by atoms with Gasteiger partial charge in [0.1, 0.15) is 29.4 Å². The van der Waals surface area contributed by atoms with E-state index in [4.69, 9.17) is 46.4 Å². The maximum atomic E-state index is 14.7. The van der Waals surface area contributed by atoms with Crippen LogP contribution in [0.1, 0.15) is 0 Å². The molecule has 0 heterocycles. The molecule has 23 heteroatoms. The summed E-state index contributed by atoms with van der Waals surface area (Å²) in [4.78, 5) is -8.06. The van der Waals surface area contributed by atoms with E-state index in [1.54, 1.807) is 0 Å². The summed E-state index contributed by atoms with van der Waals surface area (Å²) in [5, 5.41) is -3.02. The molecule has 0 saturated heterocycles. The van der Waals surface area contributed by atoms with Crippen LogP contribution in [0.5, 0.6) is 0 Å². The van der Waals surface area contributed by atoms with Crippen molar-refractivity contribution in [1.29, 1.82) is 0 Å². The van der Waals surface area contributed by atoms with Crippen LogP contribution in [0.3, 0.4) is 0 Å². The molecule has 0 amide bonds. The molecule has 4 N–H and O–H groups in total. The zero-order valence-electron chi connectivity index (χ0n) is 22.2. The summed E-state index contributed by atoms with van der Waals surface area (Å²) in [6, 6.07) is 8.13. The lowest BCUT2D eigenvalue weighted by molar-refractivity contribution is 0.478. The van der Waals surface area contributed by atoms with Gasteiger partial charge in [0.15, 0.2) is 0 Å². The highest BCUT2D eigenvalue weighted by Crippen LogP contribution is 2.46. The smallest absolute Gasteiger partial charge is 0.282 e. The van der Waals surface area contributed by atoms with Crippen LogP contribution in [-0.2, 0) is 50.3 Å². The minimum atomic E-state index is -5.82. The standard InChI is InChI=1S/C24H14Cl4O14S5/c25-15-5-1-11(9-19(15)44(31,32)33)13-3-7-17(27)23(46(37,38)39)21(13)43(29,30)22-14(4-8-18(28)24(22)47(40,41)42)12-2-6-16(26)20(10-12)45(34,35)36/h1-10H,(H,31,32,33)(H,34,35,36)(H,37,38,39)(H,40,41,42). The molecular weight excluding hydrogens is 814 g/mol. The molecule has 0 unspecified atom stereocenters. The number of sulfone groups is 1. The minimum Gasteiger partial charge on any atom is -0.282 e. The van der Waals surface area contributed by atoms with Crippen molar-refractivity contribution >= 4 is 96.7 Å². The molecule has 4 rings (SSSR count). The maximum absolute atomic E-state index is 14.7. The number of halogens is 4. The maximum Gasteiger partial charge on any atom is 0.297 e. The van der Waals surface area contributed by atoms with Gasteiger partial charge in [-0.05, 0) is 47.5 Å². The quantitative estimate of drug-likeness (QED) is 0.161. The first kappa shape index (κ1) is 37.4. The van der Waals surface area contributed by atoms with Crippen molar-refractivity contribution in [2.75, 3.05) is 0 Å². The van der Waals surface area contributed by atoms with E-state index in [0.717, 1.165) is 48.5 Å². The zero-order chi connectivity index (χ0) is 35.7. The fourth-order valence-electron chi connectivity index (χ4n) is 4.39. The van der Waals surface area contributed by atoms with Gasteiger partial charge in [0.2, 0.25) is 9.84 Å². The van der Waals surface area contributed by atoms with Gasteiger partial charge in [-0.3, -0.25) is 18.2 Å². The van der Waals surface area contributed by atoms with Crippen LogP contribution in [0.15, 0.2) is 90.0 Å². The van der Waals surface area contributed by atoms with Gasteiger partial charge >= 0.3 is 0 Å². The molecule has 14 nitrogen and oxygen atoms in total. The SMILES string of the molecule is O=S(=O)(O)c1cc(-c2ccc(Cl)c(S(=O)(=O)O)c2S(=O)(=O)c2c(-c3ccc(Cl)c(S(=O)(=O)O)c3)ccc(Cl)c2S(=O)(=O)O)ccc1Cl. The first-order chi connectivity index (χ1) is 21.3. The van der Waals surface area contributed by atoms with Gasteiger partial charge in [-0.1, -0.05) is 70.7 Å². The Labute approximate surface area is 287 Å². The molecule has 47 heavy (non-hydrogen) atoms. The van der Waals surface area contributed by atoms with Crippen molar-refractivity contribution in [3.63, 3.8) is 0 Å². The van der Waals surface area contributed by atoms with Crippen LogP contribution < -0.4 is 0 Å². The van der Waals surface area contributed by atoms with E-state index in [0.29, 0.717) is 12.1 Å². The van der Waals surface area contributed by atoms with Crippen molar-refractivity contribution in [3.8, 4) is 22.3 Å². The molecule has 0 bridgehead atoms. The Bertz CT molecular complexity index is 2400. The molecule has 0 saturated carbocycles. The molecule has 0 atom stereocenters. The molecule has 0 fully saturated rings. The third-order valence-electron chi connectivity index (χ3n) is 6.22. The van der Waals surface area contributed by atoms with E-state index in [9.17, 15) is 60.3 Å². The predicted octanol–water partition coefficient (Wildman–Crippen LogP) is 5.45. The van der Waals surface area contributed by atoms with Gasteiger partial charge in [-0.2, -0.15) is 33.7 Å². The Hall–Kier alpha value is -2.37. The summed E-state index contributed by atoms with van der Waals surface area (Å²) in [5.74, 6) is 0. The number of hydrogen-bond donors (Lipinski definition) is 4. The number of rotatable bonds is 8. The second kappa shape index (κ2) is 12.5. The fourth-order valence-corrected chi connectivity index (χ4v) is 11.9. The summed E-state index contributed by atoms with van der Waals surface area (Å²) >= 11 is 23.8. The van der Waals surface area contributed by atoms with E-state index in [2.05, 4.69) is 0 Å². The van der Waals surface area contributed by atoms with Gasteiger partial charge in [-0.15, -0.1) is 0 Å². The Morgan fingerprint density at radius 1 is 0.383 bits per heavy atom. The fraction of sp³-hybridized carbons (Fsp3) is 0. The Kier molecular flexibility index (Phi) is 9.96. The van der Waals surface area contributed by atoms with E-state index in [-0.39, 0.29) is 0 Å². The van der Waals surface area contributed by atoms with E-state index < -0.39 is 122 Å². The van der Waals surface area contributed by atoms with Gasteiger partial charge < -0.3 is 0 Å². The summed E-state index contributed by atoms with van der Waals surface area (Å²) in [5.41, 5.74) is -2.55. The molecule has 0 aliphatic carbocycles. The van der Waals surface area contributed by atoms with Crippen molar-refractivity contribution in [3.05, 3.63) is 80.8 Å². The highest BCUT2D eigenvalue weighted by atomic mass is 35.5. The highest BCUT2D eigenvalue weighted by molar-refractivity contribution is 7.94. The molecule has 0 aliphatic heterocycles. The Morgan fingerprint density at radius 3 is 0.957 bits per heavy atom. The van der Waals surface area contributed by atoms with Crippen LogP contribution in [-0.4, -0.2) is 60.3 Å². The van der Waals surface area contributed by atoms with Crippen LogP contribution in [0.4, 0.5) is 0 Å². The van der Waals surface area contributed by atoms with E-state index >= 15 is 0 Å². The van der Waals surface area contributed by atoms with Crippen molar-refractivity contribution in [1.82, 2.24) is 0 Å². The third kappa shape index (κ3) is 7.32. The molecule has 0 spiro atoms.